The first kappa shape index (κ1) is 13.2. The van der Waals surface area contributed by atoms with Crippen LogP contribution in [0.5, 0.6) is 0 Å². The number of carbonyl (C=O) groups is 2. The second-order valence-electron chi connectivity index (χ2n) is 5.99. The lowest BCUT2D eigenvalue weighted by atomic mass is 9.78. The molecule has 0 saturated heterocycles. The first-order valence-electron chi connectivity index (χ1n) is 7.13. The number of fused-ring (bicyclic) bond motifs is 1. The lowest BCUT2D eigenvalue weighted by Gasteiger charge is -2.25. The van der Waals surface area contributed by atoms with Gasteiger partial charge < -0.3 is 10.0 Å². The number of anilines is 1. The van der Waals surface area contributed by atoms with Crippen LogP contribution in [0.3, 0.4) is 0 Å². The third-order valence-electron chi connectivity index (χ3n) is 4.98. The standard InChI is InChI=1S/C16H19NO3/c1-10-12-9-11(5-6-13(12)17(2)14(10)18)16(15(19)20)7-3-4-8-16/h5-6,9-10H,3-4,7-8H2,1-2H3,(H,19,20). The topological polar surface area (TPSA) is 57.6 Å². The number of hydrogen-bond acceptors (Lipinski definition) is 2. The Kier molecular flexibility index (Phi) is 2.85. The summed E-state index contributed by atoms with van der Waals surface area (Å²) in [7, 11) is 1.77. The number of aliphatic carboxylic acids is 1. The molecule has 4 nitrogen and oxygen atoms in total. The van der Waals surface area contributed by atoms with Crippen molar-refractivity contribution in [2.75, 3.05) is 11.9 Å². The van der Waals surface area contributed by atoms with Gasteiger partial charge in [-0.3, -0.25) is 9.59 Å². The maximum absolute atomic E-state index is 12.0. The number of nitrogens with zero attached hydrogens (tertiary/aromatic N) is 1. The minimum atomic E-state index is -0.751. The van der Waals surface area contributed by atoms with Crippen molar-refractivity contribution < 1.29 is 14.7 Å². The van der Waals surface area contributed by atoms with E-state index in [0.29, 0.717) is 12.8 Å². The van der Waals surface area contributed by atoms with Crippen LogP contribution >= 0.6 is 0 Å². The monoisotopic (exact) mass is 273 g/mol. The number of benzene rings is 1. The summed E-state index contributed by atoms with van der Waals surface area (Å²) in [5.41, 5.74) is 1.97. The average molecular weight is 273 g/mol. The minimum absolute atomic E-state index is 0.0768. The number of likely N-dealkylation sites (N-methyl/N-ethyl adjacent to an activating group) is 1. The third kappa shape index (κ3) is 1.60. The SMILES string of the molecule is CC1C(=O)N(C)c2ccc(C3(C(=O)O)CCCC3)cc21. The Hall–Kier alpha value is -1.84. The summed E-state index contributed by atoms with van der Waals surface area (Å²) in [6.45, 7) is 1.89. The molecule has 1 aromatic rings. The van der Waals surface area contributed by atoms with E-state index >= 15 is 0 Å². The normalized spacial score (nSPS) is 24.0. The Morgan fingerprint density at radius 2 is 2.00 bits per heavy atom. The molecule has 1 aliphatic carbocycles. The van der Waals surface area contributed by atoms with Crippen molar-refractivity contribution in [3.8, 4) is 0 Å². The largest absolute Gasteiger partial charge is 0.481 e. The van der Waals surface area contributed by atoms with Crippen molar-refractivity contribution in [2.24, 2.45) is 0 Å². The average Bonchev–Trinajstić information content (AvgIpc) is 3.01. The molecule has 20 heavy (non-hydrogen) atoms. The fourth-order valence-electron chi connectivity index (χ4n) is 3.65. The summed E-state index contributed by atoms with van der Waals surface area (Å²) < 4.78 is 0. The maximum Gasteiger partial charge on any atom is 0.314 e. The molecular formula is C16H19NO3. The van der Waals surface area contributed by atoms with Crippen molar-refractivity contribution >= 4 is 17.6 Å². The van der Waals surface area contributed by atoms with Gasteiger partial charge in [0.2, 0.25) is 5.91 Å². The molecule has 1 heterocycles. The Labute approximate surface area is 118 Å². The Bertz CT molecular complexity index is 587. The van der Waals surface area contributed by atoms with Crippen molar-refractivity contribution in [1.29, 1.82) is 0 Å². The van der Waals surface area contributed by atoms with Crippen LogP contribution in [0.15, 0.2) is 18.2 Å². The minimum Gasteiger partial charge on any atom is -0.481 e. The molecular weight excluding hydrogens is 254 g/mol. The van der Waals surface area contributed by atoms with E-state index in [1.807, 2.05) is 25.1 Å². The van der Waals surface area contributed by atoms with E-state index in [9.17, 15) is 14.7 Å². The summed E-state index contributed by atoms with van der Waals surface area (Å²) in [5, 5.41) is 9.66. The molecule has 1 fully saturated rings. The van der Waals surface area contributed by atoms with Crippen molar-refractivity contribution in [1.82, 2.24) is 0 Å². The van der Waals surface area contributed by atoms with Crippen LogP contribution < -0.4 is 4.90 Å². The quantitative estimate of drug-likeness (QED) is 0.901. The second-order valence-corrected chi connectivity index (χ2v) is 5.99. The smallest absolute Gasteiger partial charge is 0.314 e. The van der Waals surface area contributed by atoms with E-state index < -0.39 is 11.4 Å². The van der Waals surface area contributed by atoms with Crippen molar-refractivity contribution in [2.45, 2.75) is 43.9 Å². The van der Waals surface area contributed by atoms with E-state index in [1.54, 1.807) is 11.9 Å². The summed E-state index contributed by atoms with van der Waals surface area (Å²) >= 11 is 0. The Morgan fingerprint density at radius 3 is 2.60 bits per heavy atom. The van der Waals surface area contributed by atoms with Crippen LogP contribution in [0, 0.1) is 0 Å². The van der Waals surface area contributed by atoms with Crippen molar-refractivity contribution in [3.63, 3.8) is 0 Å². The molecule has 1 amide bonds. The van der Waals surface area contributed by atoms with Crippen molar-refractivity contribution in [3.05, 3.63) is 29.3 Å². The molecule has 1 atom stereocenters. The van der Waals surface area contributed by atoms with Gasteiger partial charge in [0.25, 0.3) is 0 Å². The number of hydrogen-bond donors (Lipinski definition) is 1. The van der Waals surface area contributed by atoms with Crippen LogP contribution in [-0.4, -0.2) is 24.0 Å². The number of amides is 1. The summed E-state index contributed by atoms with van der Waals surface area (Å²) in [4.78, 5) is 25.4. The van der Waals surface area contributed by atoms with E-state index in [1.165, 1.54) is 0 Å². The predicted molar refractivity (Wildman–Crippen MR) is 76.0 cm³/mol. The molecule has 1 N–H and O–H groups in total. The second kappa shape index (κ2) is 4.33. The predicted octanol–water partition coefficient (Wildman–Crippen LogP) is 2.66. The Morgan fingerprint density at radius 1 is 1.35 bits per heavy atom. The molecule has 4 heteroatoms. The maximum atomic E-state index is 12.0. The molecule has 1 aromatic carbocycles. The van der Waals surface area contributed by atoms with Crippen LogP contribution in [0.2, 0.25) is 0 Å². The number of rotatable bonds is 2. The lowest BCUT2D eigenvalue weighted by molar-refractivity contribution is -0.143. The highest BCUT2D eigenvalue weighted by Gasteiger charge is 2.44. The zero-order valence-corrected chi connectivity index (χ0v) is 11.8. The lowest BCUT2D eigenvalue weighted by Crippen LogP contribution is -2.32. The van der Waals surface area contributed by atoms with Gasteiger partial charge in [-0.1, -0.05) is 25.0 Å². The summed E-state index contributed by atoms with van der Waals surface area (Å²) in [6.07, 6.45) is 3.30. The van der Waals surface area contributed by atoms with Gasteiger partial charge in [-0.25, -0.2) is 0 Å². The molecule has 1 saturated carbocycles. The van der Waals surface area contributed by atoms with Gasteiger partial charge in [-0.2, -0.15) is 0 Å². The van der Waals surface area contributed by atoms with Gasteiger partial charge in [-0.05, 0) is 37.0 Å². The molecule has 0 spiro atoms. The molecule has 1 aliphatic heterocycles. The number of carboxylic acid groups (broad SMARTS) is 1. The first-order chi connectivity index (χ1) is 9.47. The van der Waals surface area contributed by atoms with Gasteiger partial charge >= 0.3 is 5.97 Å². The van der Waals surface area contributed by atoms with E-state index in [2.05, 4.69) is 0 Å². The first-order valence-corrected chi connectivity index (χ1v) is 7.13. The van der Waals surface area contributed by atoms with E-state index in [4.69, 9.17) is 0 Å². The molecule has 0 bridgehead atoms. The highest BCUT2D eigenvalue weighted by atomic mass is 16.4. The zero-order valence-electron chi connectivity index (χ0n) is 11.8. The highest BCUT2D eigenvalue weighted by Crippen LogP contribution is 2.45. The van der Waals surface area contributed by atoms with Gasteiger partial charge in [0.15, 0.2) is 0 Å². The van der Waals surface area contributed by atoms with Crippen LogP contribution in [0.1, 0.15) is 49.7 Å². The van der Waals surface area contributed by atoms with E-state index in [-0.39, 0.29) is 11.8 Å². The Balaban J connectivity index is 2.10. The van der Waals surface area contributed by atoms with Crippen LogP contribution in [-0.2, 0) is 15.0 Å². The van der Waals surface area contributed by atoms with Gasteiger partial charge in [0.05, 0.1) is 11.3 Å². The zero-order chi connectivity index (χ0) is 14.5. The third-order valence-corrected chi connectivity index (χ3v) is 4.98. The number of carbonyl (C=O) groups excluding carboxylic acids is 1. The van der Waals surface area contributed by atoms with Crippen LogP contribution in [0.25, 0.3) is 0 Å². The number of carboxylic acids is 1. The summed E-state index contributed by atoms with van der Waals surface area (Å²) in [6, 6.07) is 5.73. The molecule has 1 unspecified atom stereocenters. The van der Waals surface area contributed by atoms with Gasteiger partial charge in [0.1, 0.15) is 0 Å². The summed E-state index contributed by atoms with van der Waals surface area (Å²) in [5.74, 6) is -0.838. The highest BCUT2D eigenvalue weighted by molar-refractivity contribution is 6.04. The van der Waals surface area contributed by atoms with E-state index in [0.717, 1.165) is 29.7 Å². The van der Waals surface area contributed by atoms with Gasteiger partial charge in [-0.15, -0.1) is 0 Å². The fourth-order valence-corrected chi connectivity index (χ4v) is 3.65. The molecule has 106 valence electrons. The van der Waals surface area contributed by atoms with Gasteiger partial charge in [0, 0.05) is 12.7 Å². The fraction of sp³-hybridized carbons (Fsp3) is 0.500. The molecule has 0 aromatic heterocycles. The van der Waals surface area contributed by atoms with Crippen LogP contribution in [0.4, 0.5) is 5.69 Å². The molecule has 0 radical (unpaired) electrons. The molecule has 2 aliphatic rings. The molecule has 3 rings (SSSR count).